The van der Waals surface area contributed by atoms with Gasteiger partial charge in [0.1, 0.15) is 0 Å². The number of hydrogen-bond donors (Lipinski definition) is 2. The summed E-state index contributed by atoms with van der Waals surface area (Å²) in [5, 5.41) is 4.54. The molecule has 2 fully saturated rings. The average Bonchev–Trinajstić information content (AvgIpc) is 3.10. The number of nitrogens with one attached hydrogen (secondary N) is 2. The molecule has 1 unspecified atom stereocenters. The van der Waals surface area contributed by atoms with Crippen molar-refractivity contribution < 1.29 is 13.2 Å². The van der Waals surface area contributed by atoms with Crippen LogP contribution in [0.25, 0.3) is 0 Å². The minimum Gasteiger partial charge on any atom is -0.379 e. The van der Waals surface area contributed by atoms with E-state index in [9.17, 15) is 8.42 Å². The molecule has 2 N–H and O–H groups in total. The van der Waals surface area contributed by atoms with Crippen molar-refractivity contribution in [3.63, 3.8) is 0 Å². The predicted molar refractivity (Wildman–Crippen MR) is 64.9 cm³/mol. The Morgan fingerprint density at radius 1 is 1.35 bits per heavy atom. The lowest BCUT2D eigenvalue weighted by Gasteiger charge is -2.28. The Morgan fingerprint density at radius 3 is 2.59 bits per heavy atom. The fraction of sp³-hybridized carbons (Fsp3) is 1.00. The topological polar surface area (TPSA) is 70.7 Å². The van der Waals surface area contributed by atoms with Gasteiger partial charge in [-0.05, 0) is 19.8 Å². The zero-order chi connectivity index (χ0) is 12.3. The number of hydrogen-bond acceptors (Lipinski definition) is 5. The summed E-state index contributed by atoms with van der Waals surface area (Å²) in [5.74, 6) is 0. The van der Waals surface area contributed by atoms with Gasteiger partial charge in [-0.2, -0.15) is 0 Å². The van der Waals surface area contributed by atoms with Crippen LogP contribution in [0, 0.1) is 0 Å². The Hall–Kier alpha value is -0.210. The van der Waals surface area contributed by atoms with E-state index in [1.807, 2.05) is 0 Å². The zero-order valence-corrected chi connectivity index (χ0v) is 11.0. The molecule has 0 aromatic heterocycles. The Bertz CT molecular complexity index is 337. The number of hydrazine groups is 1. The van der Waals surface area contributed by atoms with Crippen LogP contribution in [0.2, 0.25) is 0 Å². The van der Waals surface area contributed by atoms with Crippen LogP contribution in [0.5, 0.6) is 0 Å². The van der Waals surface area contributed by atoms with Gasteiger partial charge in [0.05, 0.1) is 18.5 Å². The predicted octanol–water partition coefficient (Wildman–Crippen LogP) is -0.706. The van der Waals surface area contributed by atoms with Crippen LogP contribution in [-0.2, 0) is 14.8 Å². The number of sulfonamides is 1. The quantitative estimate of drug-likeness (QED) is 0.663. The summed E-state index contributed by atoms with van der Waals surface area (Å²) >= 11 is 0. The molecule has 0 aromatic carbocycles. The van der Waals surface area contributed by atoms with E-state index < -0.39 is 15.3 Å². The Balaban J connectivity index is 1.78. The van der Waals surface area contributed by atoms with Crippen LogP contribution >= 0.6 is 0 Å². The maximum absolute atomic E-state index is 12.0. The lowest BCUT2D eigenvalue weighted by molar-refractivity contribution is 0.0271. The van der Waals surface area contributed by atoms with E-state index >= 15 is 0 Å². The normalized spacial score (nSPS) is 24.8. The minimum atomic E-state index is -3.27. The van der Waals surface area contributed by atoms with Gasteiger partial charge in [0.2, 0.25) is 10.0 Å². The minimum absolute atomic E-state index is 0.411. The highest BCUT2D eigenvalue weighted by Crippen LogP contribution is 2.18. The van der Waals surface area contributed by atoms with E-state index in [0.717, 1.165) is 0 Å². The maximum atomic E-state index is 12.0. The highest BCUT2D eigenvalue weighted by atomic mass is 32.2. The summed E-state index contributed by atoms with van der Waals surface area (Å²) in [4.78, 5) is 2.62. The SMILES string of the molecule is CC(CNC1CC1)S(=O)(=O)NN1CCOCC1. The fourth-order valence-electron chi connectivity index (χ4n) is 1.65. The summed E-state index contributed by atoms with van der Waals surface area (Å²) in [5.41, 5.74) is 0. The third kappa shape index (κ3) is 4.18. The van der Waals surface area contributed by atoms with Gasteiger partial charge >= 0.3 is 0 Å². The molecule has 1 heterocycles. The monoisotopic (exact) mass is 263 g/mol. The smallest absolute Gasteiger partial charge is 0.228 e. The van der Waals surface area contributed by atoms with E-state index in [0.29, 0.717) is 38.9 Å². The summed E-state index contributed by atoms with van der Waals surface area (Å²) < 4.78 is 29.2. The van der Waals surface area contributed by atoms with E-state index in [-0.39, 0.29) is 0 Å². The third-order valence-corrected chi connectivity index (χ3v) is 4.81. The first kappa shape index (κ1) is 13.2. The molecule has 0 bridgehead atoms. The Morgan fingerprint density at radius 2 is 2.00 bits per heavy atom. The van der Waals surface area contributed by atoms with Gasteiger partial charge in [0.15, 0.2) is 0 Å². The van der Waals surface area contributed by atoms with Gasteiger partial charge in [0, 0.05) is 25.7 Å². The van der Waals surface area contributed by atoms with Crippen molar-refractivity contribution >= 4 is 10.0 Å². The molecule has 1 aliphatic heterocycles. The van der Waals surface area contributed by atoms with Crippen molar-refractivity contribution in [1.29, 1.82) is 0 Å². The molecular formula is C10H21N3O3S. The van der Waals surface area contributed by atoms with E-state index in [4.69, 9.17) is 4.74 Å². The molecule has 100 valence electrons. The van der Waals surface area contributed by atoms with Crippen molar-refractivity contribution in [3.05, 3.63) is 0 Å². The third-order valence-electron chi connectivity index (χ3n) is 3.07. The molecular weight excluding hydrogens is 242 g/mol. The lowest BCUT2D eigenvalue weighted by Crippen LogP contribution is -2.52. The van der Waals surface area contributed by atoms with Gasteiger partial charge in [0.25, 0.3) is 0 Å². The molecule has 17 heavy (non-hydrogen) atoms. The largest absolute Gasteiger partial charge is 0.379 e. The Labute approximate surface area is 103 Å². The maximum Gasteiger partial charge on any atom is 0.228 e. The van der Waals surface area contributed by atoms with Crippen LogP contribution in [0.1, 0.15) is 19.8 Å². The average molecular weight is 263 g/mol. The summed E-state index contributed by atoms with van der Waals surface area (Å²) in [6, 6.07) is 0.538. The fourth-order valence-corrected chi connectivity index (χ4v) is 2.69. The Kier molecular flexibility index (Phi) is 4.37. The zero-order valence-electron chi connectivity index (χ0n) is 10.2. The van der Waals surface area contributed by atoms with Crippen molar-refractivity contribution in [1.82, 2.24) is 15.2 Å². The number of ether oxygens (including phenoxy) is 1. The standard InChI is InChI=1S/C10H21N3O3S/c1-9(8-11-10-2-3-10)17(14,15)12-13-4-6-16-7-5-13/h9-12H,2-8H2,1H3. The molecule has 0 amide bonds. The summed E-state index contributed by atoms with van der Waals surface area (Å²) in [6.07, 6.45) is 2.34. The lowest BCUT2D eigenvalue weighted by atomic mass is 10.4. The second kappa shape index (κ2) is 5.62. The van der Waals surface area contributed by atoms with E-state index in [1.54, 1.807) is 11.9 Å². The van der Waals surface area contributed by atoms with Crippen LogP contribution in [0.15, 0.2) is 0 Å². The molecule has 6 nitrogen and oxygen atoms in total. The molecule has 2 rings (SSSR count). The van der Waals surface area contributed by atoms with Crippen LogP contribution in [0.4, 0.5) is 0 Å². The first-order valence-electron chi connectivity index (χ1n) is 6.15. The van der Waals surface area contributed by atoms with Gasteiger partial charge < -0.3 is 10.1 Å². The van der Waals surface area contributed by atoms with Gasteiger partial charge in [-0.3, -0.25) is 0 Å². The van der Waals surface area contributed by atoms with Crippen molar-refractivity contribution in [3.8, 4) is 0 Å². The van der Waals surface area contributed by atoms with Crippen molar-refractivity contribution in [2.24, 2.45) is 0 Å². The van der Waals surface area contributed by atoms with Gasteiger partial charge in [-0.15, -0.1) is 4.83 Å². The van der Waals surface area contributed by atoms with Gasteiger partial charge in [-0.25, -0.2) is 13.4 Å². The molecule has 1 saturated carbocycles. The van der Waals surface area contributed by atoms with Crippen molar-refractivity contribution in [2.45, 2.75) is 31.1 Å². The number of rotatable bonds is 6. The van der Waals surface area contributed by atoms with E-state index in [2.05, 4.69) is 10.1 Å². The first-order valence-corrected chi connectivity index (χ1v) is 7.70. The molecule has 7 heteroatoms. The molecule has 1 aliphatic carbocycles. The molecule has 0 radical (unpaired) electrons. The van der Waals surface area contributed by atoms with Gasteiger partial charge in [-0.1, -0.05) is 0 Å². The molecule has 1 saturated heterocycles. The van der Waals surface area contributed by atoms with E-state index in [1.165, 1.54) is 12.8 Å². The summed E-state index contributed by atoms with van der Waals surface area (Å²) in [7, 11) is -3.27. The number of nitrogens with zero attached hydrogens (tertiary/aromatic N) is 1. The van der Waals surface area contributed by atoms with Crippen molar-refractivity contribution in [2.75, 3.05) is 32.8 Å². The second-order valence-corrected chi connectivity index (χ2v) is 6.81. The highest BCUT2D eigenvalue weighted by molar-refractivity contribution is 7.90. The van der Waals surface area contributed by atoms with Crippen LogP contribution in [0.3, 0.4) is 0 Å². The highest BCUT2D eigenvalue weighted by Gasteiger charge is 2.27. The molecule has 1 atom stereocenters. The molecule has 0 spiro atoms. The molecule has 2 aliphatic rings. The summed E-state index contributed by atoms with van der Waals surface area (Å²) in [6.45, 7) is 4.64. The number of morpholine rings is 1. The molecule has 0 aromatic rings. The van der Waals surface area contributed by atoms with Crippen LogP contribution in [-0.4, -0.2) is 57.6 Å². The second-order valence-electron chi connectivity index (χ2n) is 4.73. The van der Waals surface area contributed by atoms with Crippen LogP contribution < -0.4 is 10.1 Å². The first-order chi connectivity index (χ1) is 8.08.